The maximum absolute atomic E-state index is 12.0. The molecule has 1 unspecified atom stereocenters. The lowest BCUT2D eigenvalue weighted by Gasteiger charge is -2.15. The number of phenols is 1. The van der Waals surface area contributed by atoms with Crippen LogP contribution in [0.2, 0.25) is 5.02 Å². The number of aromatic hydroxyl groups is 1. The van der Waals surface area contributed by atoms with Crippen molar-refractivity contribution in [2.45, 2.75) is 11.2 Å². The third-order valence-corrected chi connectivity index (χ3v) is 3.66. The van der Waals surface area contributed by atoms with Gasteiger partial charge < -0.3 is 10.0 Å². The van der Waals surface area contributed by atoms with Gasteiger partial charge in [-0.15, -0.1) is 0 Å². The van der Waals surface area contributed by atoms with Crippen LogP contribution in [0.3, 0.4) is 0 Å². The molecule has 0 saturated carbocycles. The highest BCUT2D eigenvalue weighted by atomic mass is 79.9. The van der Waals surface area contributed by atoms with Crippen LogP contribution in [0.25, 0.3) is 0 Å². The van der Waals surface area contributed by atoms with E-state index < -0.39 is 0 Å². The van der Waals surface area contributed by atoms with Crippen molar-refractivity contribution in [2.24, 2.45) is 0 Å². The minimum Gasteiger partial charge on any atom is -0.506 e. The average molecular weight is 305 g/mol. The molecule has 1 aromatic carbocycles. The molecule has 3 nitrogen and oxygen atoms in total. The molecule has 1 aromatic rings. The molecule has 1 atom stereocenters. The maximum Gasteiger partial charge on any atom is 0.253 e. The zero-order chi connectivity index (χ0) is 11.7. The highest BCUT2D eigenvalue weighted by Crippen LogP contribution is 2.25. The Hall–Kier alpha value is -0.740. The van der Waals surface area contributed by atoms with Crippen LogP contribution in [-0.4, -0.2) is 33.8 Å². The van der Waals surface area contributed by atoms with Gasteiger partial charge in [0.2, 0.25) is 0 Å². The highest BCUT2D eigenvalue weighted by molar-refractivity contribution is 9.09. The molecule has 0 aliphatic carbocycles. The first-order chi connectivity index (χ1) is 7.58. The molecule has 0 aromatic heterocycles. The molecule has 0 radical (unpaired) electrons. The van der Waals surface area contributed by atoms with Crippen LogP contribution in [0.15, 0.2) is 18.2 Å². The molecule has 1 saturated heterocycles. The smallest absolute Gasteiger partial charge is 0.253 e. The summed E-state index contributed by atoms with van der Waals surface area (Å²) in [7, 11) is 0. The van der Waals surface area contributed by atoms with E-state index in [-0.39, 0.29) is 16.7 Å². The Morgan fingerprint density at radius 2 is 2.31 bits per heavy atom. The Morgan fingerprint density at radius 3 is 2.88 bits per heavy atom. The summed E-state index contributed by atoms with van der Waals surface area (Å²) in [4.78, 5) is 14.2. The second-order valence-electron chi connectivity index (χ2n) is 3.80. The lowest BCUT2D eigenvalue weighted by Crippen LogP contribution is -2.28. The van der Waals surface area contributed by atoms with Crippen LogP contribution in [0, 0.1) is 0 Å². The zero-order valence-corrected chi connectivity index (χ0v) is 10.8. The second kappa shape index (κ2) is 4.63. The number of amides is 1. The minimum atomic E-state index is -0.0381. The summed E-state index contributed by atoms with van der Waals surface area (Å²) in [6, 6.07) is 4.53. The molecular formula is C11H11BrClNO2. The van der Waals surface area contributed by atoms with Gasteiger partial charge in [0.05, 0.1) is 5.02 Å². The third kappa shape index (κ3) is 2.33. The molecule has 5 heteroatoms. The zero-order valence-electron chi connectivity index (χ0n) is 8.49. The topological polar surface area (TPSA) is 40.5 Å². The van der Waals surface area contributed by atoms with E-state index in [2.05, 4.69) is 15.9 Å². The summed E-state index contributed by atoms with van der Waals surface area (Å²) in [5.41, 5.74) is 0.518. The number of carbonyl (C=O) groups excluding carboxylic acids is 1. The Bertz CT molecular complexity index is 424. The van der Waals surface area contributed by atoms with Gasteiger partial charge in [-0.1, -0.05) is 27.5 Å². The van der Waals surface area contributed by atoms with Crippen LogP contribution < -0.4 is 0 Å². The van der Waals surface area contributed by atoms with Crippen molar-refractivity contribution in [3.63, 3.8) is 0 Å². The number of hydrogen-bond donors (Lipinski definition) is 1. The van der Waals surface area contributed by atoms with E-state index >= 15 is 0 Å². The van der Waals surface area contributed by atoms with Crippen molar-refractivity contribution in [3.05, 3.63) is 28.8 Å². The van der Waals surface area contributed by atoms with E-state index in [9.17, 15) is 9.90 Å². The Kier molecular flexibility index (Phi) is 3.40. The Balaban J connectivity index is 2.18. The summed E-state index contributed by atoms with van der Waals surface area (Å²) in [6.07, 6.45) is 0.970. The highest BCUT2D eigenvalue weighted by Gasteiger charge is 2.25. The average Bonchev–Trinajstić information content (AvgIpc) is 2.68. The van der Waals surface area contributed by atoms with Gasteiger partial charge in [-0.3, -0.25) is 4.79 Å². The first-order valence-corrected chi connectivity index (χ1v) is 6.29. The number of phenolic OH excluding ortho intramolecular Hbond substituents is 1. The molecular weight excluding hydrogens is 293 g/mol. The van der Waals surface area contributed by atoms with Gasteiger partial charge in [0.1, 0.15) is 5.75 Å². The number of benzene rings is 1. The largest absolute Gasteiger partial charge is 0.506 e. The molecule has 0 bridgehead atoms. The number of likely N-dealkylation sites (tertiary alicyclic amines) is 1. The molecule has 1 amide bonds. The fourth-order valence-corrected chi connectivity index (χ4v) is 2.46. The first kappa shape index (κ1) is 11.7. The van der Waals surface area contributed by atoms with Crippen molar-refractivity contribution < 1.29 is 9.90 Å². The summed E-state index contributed by atoms with van der Waals surface area (Å²) in [5.74, 6) is -0.0399. The molecule has 16 heavy (non-hydrogen) atoms. The molecule has 2 rings (SSSR count). The number of rotatable bonds is 1. The van der Waals surface area contributed by atoms with E-state index in [1.807, 2.05) is 0 Å². The minimum absolute atomic E-state index is 0.00185. The lowest BCUT2D eigenvalue weighted by molar-refractivity contribution is 0.0793. The number of carbonyl (C=O) groups is 1. The monoisotopic (exact) mass is 303 g/mol. The fourth-order valence-electron chi connectivity index (χ4n) is 1.72. The summed E-state index contributed by atoms with van der Waals surface area (Å²) in [5, 5.41) is 9.48. The van der Waals surface area contributed by atoms with E-state index in [0.717, 1.165) is 19.5 Å². The third-order valence-electron chi connectivity index (χ3n) is 2.61. The SMILES string of the molecule is O=C(c1ccc(O)c(Cl)c1)N1CCC(Br)C1. The fraction of sp³-hybridized carbons (Fsp3) is 0.364. The van der Waals surface area contributed by atoms with Gasteiger partial charge in [0.25, 0.3) is 5.91 Å². The van der Waals surface area contributed by atoms with E-state index in [4.69, 9.17) is 11.6 Å². The molecule has 1 N–H and O–H groups in total. The van der Waals surface area contributed by atoms with Crippen molar-refractivity contribution in [2.75, 3.05) is 13.1 Å². The van der Waals surface area contributed by atoms with E-state index in [1.165, 1.54) is 12.1 Å². The number of halogens is 2. The summed E-state index contributed by atoms with van der Waals surface area (Å²) in [6.45, 7) is 1.48. The Labute approximate surface area is 107 Å². The maximum atomic E-state index is 12.0. The van der Waals surface area contributed by atoms with Crippen LogP contribution >= 0.6 is 27.5 Å². The van der Waals surface area contributed by atoms with Gasteiger partial charge >= 0.3 is 0 Å². The van der Waals surface area contributed by atoms with Gasteiger partial charge in [-0.05, 0) is 24.6 Å². The predicted molar refractivity (Wildman–Crippen MR) is 66.4 cm³/mol. The molecule has 1 aliphatic heterocycles. The normalized spacial score (nSPS) is 20.1. The van der Waals surface area contributed by atoms with Crippen molar-refractivity contribution in [3.8, 4) is 5.75 Å². The quantitative estimate of drug-likeness (QED) is 0.810. The van der Waals surface area contributed by atoms with Crippen molar-refractivity contribution in [1.82, 2.24) is 4.90 Å². The Morgan fingerprint density at radius 1 is 1.56 bits per heavy atom. The molecule has 86 valence electrons. The van der Waals surface area contributed by atoms with Crippen LogP contribution in [0.5, 0.6) is 5.75 Å². The van der Waals surface area contributed by atoms with E-state index in [1.54, 1.807) is 11.0 Å². The van der Waals surface area contributed by atoms with Crippen molar-refractivity contribution >= 4 is 33.4 Å². The van der Waals surface area contributed by atoms with Crippen molar-refractivity contribution in [1.29, 1.82) is 0 Å². The van der Waals surface area contributed by atoms with Crippen LogP contribution in [0.1, 0.15) is 16.8 Å². The number of hydrogen-bond acceptors (Lipinski definition) is 2. The predicted octanol–water partition coefficient (Wildman–Crippen LogP) is 2.66. The van der Waals surface area contributed by atoms with Gasteiger partial charge in [-0.2, -0.15) is 0 Å². The van der Waals surface area contributed by atoms with Gasteiger partial charge in [-0.25, -0.2) is 0 Å². The number of nitrogens with zero attached hydrogens (tertiary/aromatic N) is 1. The summed E-state index contributed by atoms with van der Waals surface area (Å²) < 4.78 is 0. The number of alkyl halides is 1. The van der Waals surface area contributed by atoms with Gasteiger partial charge in [0.15, 0.2) is 0 Å². The molecule has 1 heterocycles. The van der Waals surface area contributed by atoms with Crippen LogP contribution in [-0.2, 0) is 0 Å². The van der Waals surface area contributed by atoms with Gasteiger partial charge in [0, 0.05) is 23.5 Å². The molecule has 1 aliphatic rings. The molecule has 0 spiro atoms. The van der Waals surface area contributed by atoms with Crippen LogP contribution in [0.4, 0.5) is 0 Å². The second-order valence-corrected chi connectivity index (χ2v) is 5.51. The standard InChI is InChI=1S/C11H11BrClNO2/c12-8-3-4-14(6-8)11(16)7-1-2-10(15)9(13)5-7/h1-2,5,8,15H,3-4,6H2. The molecule has 1 fully saturated rings. The van der Waals surface area contributed by atoms with E-state index in [0.29, 0.717) is 10.4 Å². The lowest BCUT2D eigenvalue weighted by atomic mass is 10.2. The summed E-state index contributed by atoms with van der Waals surface area (Å²) >= 11 is 9.25. The first-order valence-electron chi connectivity index (χ1n) is 5.00.